The summed E-state index contributed by atoms with van der Waals surface area (Å²) in [6, 6.07) is 6.28. The second kappa shape index (κ2) is 8.85. The number of nitrogens with zero attached hydrogens (tertiary/aromatic N) is 4. The van der Waals surface area contributed by atoms with Crippen LogP contribution in [0.5, 0.6) is 0 Å². The molecule has 0 aliphatic heterocycles. The van der Waals surface area contributed by atoms with E-state index in [1.165, 1.54) is 18.4 Å². The molecule has 0 unspecified atom stereocenters. The average Bonchev–Trinajstić information content (AvgIpc) is 3.38. The van der Waals surface area contributed by atoms with E-state index in [4.69, 9.17) is 4.98 Å². The van der Waals surface area contributed by atoms with Crippen LogP contribution in [0.4, 0.5) is 5.13 Å². The summed E-state index contributed by atoms with van der Waals surface area (Å²) in [5.74, 6) is 0.418. The van der Waals surface area contributed by atoms with Crippen molar-refractivity contribution in [2.24, 2.45) is 5.92 Å². The molecule has 5 nitrogen and oxygen atoms in total. The number of fused-ring (bicyclic) bond motifs is 1. The Morgan fingerprint density at radius 2 is 2.15 bits per heavy atom. The predicted molar refractivity (Wildman–Crippen MR) is 113 cm³/mol. The maximum atomic E-state index is 13.2. The first-order valence-electron chi connectivity index (χ1n) is 9.35. The molecule has 0 radical (unpaired) electrons. The number of hydrogen-bond acceptors (Lipinski definition) is 4. The van der Waals surface area contributed by atoms with Gasteiger partial charge in [0.2, 0.25) is 5.91 Å². The van der Waals surface area contributed by atoms with Gasteiger partial charge in [-0.25, -0.2) is 9.97 Å². The normalized spacial score (nSPS) is 14.4. The van der Waals surface area contributed by atoms with Gasteiger partial charge in [0, 0.05) is 31.4 Å². The monoisotopic (exact) mass is 404 g/mol. The van der Waals surface area contributed by atoms with Crippen molar-refractivity contribution >= 4 is 45.0 Å². The van der Waals surface area contributed by atoms with Gasteiger partial charge in [0.1, 0.15) is 0 Å². The van der Waals surface area contributed by atoms with Gasteiger partial charge in [-0.05, 0) is 43.9 Å². The van der Waals surface area contributed by atoms with Crippen LogP contribution < -0.4 is 4.90 Å². The molecule has 0 bridgehead atoms. The molecular weight excluding hydrogens is 380 g/mol. The Morgan fingerprint density at radius 3 is 2.89 bits per heavy atom. The van der Waals surface area contributed by atoms with Gasteiger partial charge in [0.15, 0.2) is 5.13 Å². The number of carbonyl (C=O) groups excluding carboxylic acids is 1. The van der Waals surface area contributed by atoms with Crippen LogP contribution in [-0.4, -0.2) is 27.0 Å². The molecule has 2 aromatic heterocycles. The highest BCUT2D eigenvalue weighted by atomic mass is 35.5. The lowest BCUT2D eigenvalue weighted by molar-refractivity contribution is -0.122. The summed E-state index contributed by atoms with van der Waals surface area (Å²) in [5, 5.41) is 0.841. The summed E-state index contributed by atoms with van der Waals surface area (Å²) in [6.07, 6.45) is 10.8. The molecule has 2 heterocycles. The van der Waals surface area contributed by atoms with Gasteiger partial charge in [-0.15, -0.1) is 12.4 Å². The van der Waals surface area contributed by atoms with E-state index < -0.39 is 0 Å². The topological polar surface area (TPSA) is 51.0 Å². The van der Waals surface area contributed by atoms with Crippen LogP contribution in [-0.2, 0) is 11.3 Å². The molecule has 7 heteroatoms. The van der Waals surface area contributed by atoms with Crippen LogP contribution in [0.25, 0.3) is 10.2 Å². The molecule has 1 saturated carbocycles. The summed E-state index contributed by atoms with van der Waals surface area (Å²) < 4.78 is 3.21. The summed E-state index contributed by atoms with van der Waals surface area (Å²) in [4.78, 5) is 23.9. The first kappa shape index (κ1) is 19.8. The Labute approximate surface area is 169 Å². The Hall–Kier alpha value is -1.92. The van der Waals surface area contributed by atoms with E-state index in [1.54, 1.807) is 17.5 Å². The number of imidazole rings is 1. The van der Waals surface area contributed by atoms with Gasteiger partial charge in [-0.3, -0.25) is 9.69 Å². The third-order valence-electron chi connectivity index (χ3n) is 5.09. The Kier molecular flexibility index (Phi) is 6.50. The third-order valence-corrected chi connectivity index (χ3v) is 6.13. The fourth-order valence-electron chi connectivity index (χ4n) is 3.66. The second-order valence-corrected chi connectivity index (χ2v) is 8.10. The van der Waals surface area contributed by atoms with Crippen molar-refractivity contribution in [2.45, 2.75) is 45.6 Å². The molecule has 27 heavy (non-hydrogen) atoms. The molecular formula is C20H25ClN4OS. The van der Waals surface area contributed by atoms with E-state index in [0.717, 1.165) is 41.2 Å². The minimum Gasteiger partial charge on any atom is -0.337 e. The molecule has 1 aliphatic carbocycles. The van der Waals surface area contributed by atoms with Gasteiger partial charge >= 0.3 is 0 Å². The standard InChI is InChI=1S/C20H24N4OS.ClH/c1-15-7-8-17-18(13-15)26-20(22-17)24(19(25)16-5-2-3-6-16)11-4-10-23-12-9-21-14-23;/h7-9,12-14,16H,2-6,10-11H2,1H3;1H. The van der Waals surface area contributed by atoms with Crippen LogP contribution in [0.2, 0.25) is 0 Å². The summed E-state index contributed by atoms with van der Waals surface area (Å²) in [7, 11) is 0. The van der Waals surface area contributed by atoms with Crippen molar-refractivity contribution in [1.82, 2.24) is 14.5 Å². The Morgan fingerprint density at radius 1 is 1.33 bits per heavy atom. The first-order valence-corrected chi connectivity index (χ1v) is 10.2. The van der Waals surface area contributed by atoms with Crippen molar-refractivity contribution in [3.05, 3.63) is 42.5 Å². The highest BCUT2D eigenvalue weighted by Crippen LogP contribution is 2.33. The molecule has 3 aromatic rings. The zero-order valence-electron chi connectivity index (χ0n) is 15.5. The maximum absolute atomic E-state index is 13.2. The Balaban J connectivity index is 0.00000210. The van der Waals surface area contributed by atoms with E-state index in [2.05, 4.69) is 28.6 Å². The van der Waals surface area contributed by atoms with Crippen LogP contribution in [0.15, 0.2) is 36.9 Å². The zero-order chi connectivity index (χ0) is 17.9. The van der Waals surface area contributed by atoms with Crippen molar-refractivity contribution in [3.63, 3.8) is 0 Å². The fraction of sp³-hybridized carbons (Fsp3) is 0.450. The quantitative estimate of drug-likeness (QED) is 0.590. The molecule has 1 aromatic carbocycles. The van der Waals surface area contributed by atoms with Gasteiger partial charge in [0.25, 0.3) is 0 Å². The van der Waals surface area contributed by atoms with Crippen molar-refractivity contribution in [1.29, 1.82) is 0 Å². The van der Waals surface area contributed by atoms with E-state index >= 15 is 0 Å². The van der Waals surface area contributed by atoms with Gasteiger partial charge in [-0.1, -0.05) is 30.2 Å². The molecule has 0 N–H and O–H groups in total. The van der Waals surface area contributed by atoms with Gasteiger partial charge in [0.05, 0.1) is 16.5 Å². The molecule has 0 spiro atoms. The maximum Gasteiger partial charge on any atom is 0.231 e. The van der Waals surface area contributed by atoms with E-state index in [1.807, 2.05) is 23.5 Å². The zero-order valence-corrected chi connectivity index (χ0v) is 17.1. The third kappa shape index (κ3) is 4.50. The smallest absolute Gasteiger partial charge is 0.231 e. The largest absolute Gasteiger partial charge is 0.337 e. The molecule has 0 saturated heterocycles. The Bertz CT molecular complexity index is 887. The number of rotatable bonds is 6. The molecule has 1 aliphatic rings. The fourth-order valence-corrected chi connectivity index (χ4v) is 4.75. The molecule has 0 atom stereocenters. The van der Waals surface area contributed by atoms with E-state index in [0.29, 0.717) is 6.54 Å². The van der Waals surface area contributed by atoms with Crippen molar-refractivity contribution in [2.75, 3.05) is 11.4 Å². The lowest BCUT2D eigenvalue weighted by Crippen LogP contribution is -2.36. The number of amides is 1. The van der Waals surface area contributed by atoms with Crippen molar-refractivity contribution in [3.8, 4) is 0 Å². The van der Waals surface area contributed by atoms with E-state index in [-0.39, 0.29) is 24.2 Å². The predicted octanol–water partition coefficient (Wildman–Crippen LogP) is 4.84. The summed E-state index contributed by atoms with van der Waals surface area (Å²) in [6.45, 7) is 3.65. The van der Waals surface area contributed by atoms with Crippen molar-refractivity contribution < 1.29 is 4.79 Å². The van der Waals surface area contributed by atoms with Gasteiger partial charge < -0.3 is 4.57 Å². The van der Waals surface area contributed by atoms with Crippen LogP contribution in [0.3, 0.4) is 0 Å². The minimum atomic E-state index is 0. The van der Waals surface area contributed by atoms with E-state index in [9.17, 15) is 4.79 Å². The number of benzene rings is 1. The molecule has 144 valence electrons. The highest BCUT2D eigenvalue weighted by molar-refractivity contribution is 7.22. The van der Waals surface area contributed by atoms with Crippen LogP contribution in [0, 0.1) is 12.8 Å². The molecule has 1 amide bonds. The number of thiazole rings is 1. The van der Waals surface area contributed by atoms with Crippen LogP contribution >= 0.6 is 23.7 Å². The number of halogens is 1. The lowest BCUT2D eigenvalue weighted by atomic mass is 10.1. The second-order valence-electron chi connectivity index (χ2n) is 7.09. The minimum absolute atomic E-state index is 0. The van der Waals surface area contributed by atoms with Gasteiger partial charge in [-0.2, -0.15) is 0 Å². The number of carbonyl (C=O) groups is 1. The number of hydrogen-bond donors (Lipinski definition) is 0. The lowest BCUT2D eigenvalue weighted by Gasteiger charge is -2.23. The first-order chi connectivity index (χ1) is 12.7. The number of anilines is 1. The SMILES string of the molecule is Cc1ccc2nc(N(CCCn3ccnc3)C(=O)C3CCCC3)sc2c1.Cl. The summed E-state index contributed by atoms with van der Waals surface area (Å²) in [5.41, 5.74) is 2.20. The summed E-state index contributed by atoms with van der Waals surface area (Å²) >= 11 is 1.63. The molecule has 4 rings (SSSR count). The number of aromatic nitrogens is 3. The number of aryl methyl sites for hydroxylation is 2. The highest BCUT2D eigenvalue weighted by Gasteiger charge is 2.29. The average molecular weight is 405 g/mol. The molecule has 1 fully saturated rings. The van der Waals surface area contributed by atoms with Crippen LogP contribution in [0.1, 0.15) is 37.7 Å².